The predicted molar refractivity (Wildman–Crippen MR) is 88.0 cm³/mol. The fourth-order valence-electron chi connectivity index (χ4n) is 1.91. The smallest absolute Gasteiger partial charge is 0.363 e. The minimum absolute atomic E-state index is 0.00390. The summed E-state index contributed by atoms with van der Waals surface area (Å²) in [4.78, 5) is 27.0. The van der Waals surface area contributed by atoms with Crippen LogP contribution < -0.4 is 0 Å². The van der Waals surface area contributed by atoms with Gasteiger partial charge in [-0.2, -0.15) is 0 Å². The van der Waals surface area contributed by atoms with Gasteiger partial charge in [0.15, 0.2) is 5.70 Å². The normalized spacial score (nSPS) is 15.9. The van der Waals surface area contributed by atoms with E-state index in [9.17, 15) is 14.9 Å². The molecule has 2 heterocycles. The molecule has 1 aliphatic rings. The molecule has 0 fully saturated rings. The highest BCUT2D eigenvalue weighted by atomic mass is 32.1. The van der Waals surface area contributed by atoms with Crippen LogP contribution in [0.3, 0.4) is 0 Å². The summed E-state index contributed by atoms with van der Waals surface area (Å²) < 4.78 is 5.05. The maximum atomic E-state index is 11.7. The van der Waals surface area contributed by atoms with E-state index in [4.69, 9.17) is 4.74 Å². The Bertz CT molecular complexity index is 851. The highest BCUT2D eigenvalue weighted by Crippen LogP contribution is 2.20. The van der Waals surface area contributed by atoms with Crippen LogP contribution in [0.25, 0.3) is 12.2 Å². The van der Waals surface area contributed by atoms with Crippen LogP contribution >= 0.6 is 11.3 Å². The molecule has 0 amide bonds. The number of carbonyl (C=O) groups is 1. The van der Waals surface area contributed by atoms with E-state index in [1.165, 1.54) is 29.5 Å². The number of rotatable bonds is 4. The molecule has 2 aromatic rings. The second-order valence-corrected chi connectivity index (χ2v) is 5.55. The van der Waals surface area contributed by atoms with E-state index in [0.29, 0.717) is 5.56 Å². The summed E-state index contributed by atoms with van der Waals surface area (Å²) in [6.07, 6.45) is 4.76. The molecule has 0 N–H and O–H groups in total. The van der Waals surface area contributed by atoms with Crippen LogP contribution in [0, 0.1) is 10.1 Å². The molecule has 0 bridgehead atoms. The molecule has 0 saturated heterocycles. The highest BCUT2D eigenvalue weighted by molar-refractivity contribution is 7.10. The molecule has 0 unspecified atom stereocenters. The van der Waals surface area contributed by atoms with Crippen LogP contribution in [0.1, 0.15) is 10.4 Å². The van der Waals surface area contributed by atoms with Gasteiger partial charge in [0.1, 0.15) is 0 Å². The second-order valence-electron chi connectivity index (χ2n) is 4.57. The molecule has 0 spiro atoms. The summed E-state index contributed by atoms with van der Waals surface area (Å²) in [6.45, 7) is 0. The lowest BCUT2D eigenvalue weighted by Gasteiger charge is -1.94. The van der Waals surface area contributed by atoms with Crippen molar-refractivity contribution in [2.75, 3.05) is 0 Å². The number of thiophene rings is 1. The van der Waals surface area contributed by atoms with Crippen LogP contribution in [0.5, 0.6) is 0 Å². The van der Waals surface area contributed by atoms with E-state index in [0.717, 1.165) is 4.88 Å². The van der Waals surface area contributed by atoms with Gasteiger partial charge in [0.25, 0.3) is 5.69 Å². The molecule has 7 heteroatoms. The number of nitrogens with zero attached hydrogens (tertiary/aromatic N) is 2. The van der Waals surface area contributed by atoms with Crippen molar-refractivity contribution in [2.45, 2.75) is 0 Å². The van der Waals surface area contributed by atoms with Crippen LogP contribution in [0.15, 0.2) is 58.5 Å². The first-order valence-corrected chi connectivity index (χ1v) is 7.48. The van der Waals surface area contributed by atoms with Crippen molar-refractivity contribution < 1.29 is 14.5 Å². The fourth-order valence-corrected chi connectivity index (χ4v) is 2.57. The third-order valence-electron chi connectivity index (χ3n) is 2.96. The average molecular weight is 326 g/mol. The van der Waals surface area contributed by atoms with Gasteiger partial charge in [-0.15, -0.1) is 11.3 Å². The Hall–Kier alpha value is -3.06. The third kappa shape index (κ3) is 3.58. The van der Waals surface area contributed by atoms with E-state index in [-0.39, 0.29) is 17.3 Å². The van der Waals surface area contributed by atoms with Gasteiger partial charge in [0, 0.05) is 23.1 Å². The monoisotopic (exact) mass is 326 g/mol. The van der Waals surface area contributed by atoms with Crippen molar-refractivity contribution in [2.24, 2.45) is 4.99 Å². The minimum Gasteiger partial charge on any atom is -0.403 e. The molecule has 0 saturated carbocycles. The number of nitro groups is 1. The van der Waals surface area contributed by atoms with Crippen molar-refractivity contribution in [1.29, 1.82) is 0 Å². The first kappa shape index (κ1) is 14.9. The van der Waals surface area contributed by atoms with E-state index in [2.05, 4.69) is 4.99 Å². The van der Waals surface area contributed by atoms with Crippen LogP contribution in [0.2, 0.25) is 0 Å². The number of nitro benzene ring substituents is 1. The number of aliphatic imine (C=N–C) groups is 1. The standard InChI is InChI=1S/C16H10N2O4S/c19-16-14(10-13-5-2-8-23-13)17-15(22-16)7-6-11-3-1-4-12(9-11)18(20)21/h1-10H/b7-6-,14-10+. The van der Waals surface area contributed by atoms with Gasteiger partial charge in [-0.25, -0.2) is 9.79 Å². The first-order valence-electron chi connectivity index (χ1n) is 6.60. The first-order chi connectivity index (χ1) is 11.1. The molecule has 1 aromatic heterocycles. The fraction of sp³-hybridized carbons (Fsp3) is 0. The molecule has 6 nitrogen and oxygen atoms in total. The zero-order chi connectivity index (χ0) is 16.2. The summed E-state index contributed by atoms with van der Waals surface area (Å²) >= 11 is 1.49. The van der Waals surface area contributed by atoms with Gasteiger partial charge < -0.3 is 4.74 Å². The number of hydrogen-bond donors (Lipinski definition) is 0. The van der Waals surface area contributed by atoms with Crippen molar-refractivity contribution in [3.05, 3.63) is 74.1 Å². The number of esters is 1. The molecule has 0 atom stereocenters. The largest absolute Gasteiger partial charge is 0.403 e. The van der Waals surface area contributed by atoms with Gasteiger partial charge in [-0.05, 0) is 29.2 Å². The maximum absolute atomic E-state index is 11.7. The average Bonchev–Trinajstić information content (AvgIpc) is 3.16. The molecular formula is C16H10N2O4S. The Labute approximate surface area is 135 Å². The van der Waals surface area contributed by atoms with Gasteiger partial charge in [0.2, 0.25) is 5.90 Å². The molecule has 1 aliphatic heterocycles. The van der Waals surface area contributed by atoms with E-state index >= 15 is 0 Å². The number of cyclic esters (lactones) is 1. The second kappa shape index (κ2) is 6.37. The van der Waals surface area contributed by atoms with Crippen molar-refractivity contribution in [3.63, 3.8) is 0 Å². The SMILES string of the molecule is O=C1OC(/C=C\c2cccc([N+](=O)[O-])c2)=NC/1=C/c1cccs1. The van der Waals surface area contributed by atoms with Crippen molar-refractivity contribution in [3.8, 4) is 0 Å². The molecule has 1 aromatic carbocycles. The lowest BCUT2D eigenvalue weighted by Crippen LogP contribution is -2.00. The Kier molecular flexibility index (Phi) is 4.11. The molecular weight excluding hydrogens is 316 g/mol. The predicted octanol–water partition coefficient (Wildman–Crippen LogP) is 3.67. The maximum Gasteiger partial charge on any atom is 0.363 e. The van der Waals surface area contributed by atoms with E-state index in [1.807, 2.05) is 17.5 Å². The van der Waals surface area contributed by atoms with Crippen molar-refractivity contribution >= 4 is 41.0 Å². The van der Waals surface area contributed by atoms with Gasteiger partial charge >= 0.3 is 5.97 Å². The minimum atomic E-state index is -0.517. The number of carbonyl (C=O) groups excluding carboxylic acids is 1. The number of ether oxygens (including phenoxy) is 1. The van der Waals surface area contributed by atoms with Crippen LogP contribution in [-0.4, -0.2) is 16.8 Å². The molecule has 114 valence electrons. The van der Waals surface area contributed by atoms with E-state index < -0.39 is 10.9 Å². The number of benzene rings is 1. The van der Waals surface area contributed by atoms with E-state index in [1.54, 1.807) is 24.3 Å². The lowest BCUT2D eigenvalue weighted by atomic mass is 10.2. The van der Waals surface area contributed by atoms with Crippen LogP contribution in [-0.2, 0) is 9.53 Å². The summed E-state index contributed by atoms with van der Waals surface area (Å²) in [5.74, 6) is -0.360. The summed E-state index contributed by atoms with van der Waals surface area (Å²) in [5, 5.41) is 12.6. The molecule has 0 radical (unpaired) electrons. The topological polar surface area (TPSA) is 81.8 Å². The Balaban J connectivity index is 1.79. The Morgan fingerprint density at radius 1 is 1.22 bits per heavy atom. The molecule has 3 rings (SSSR count). The van der Waals surface area contributed by atoms with Gasteiger partial charge in [-0.3, -0.25) is 10.1 Å². The molecule has 23 heavy (non-hydrogen) atoms. The van der Waals surface area contributed by atoms with Crippen molar-refractivity contribution in [1.82, 2.24) is 0 Å². The summed E-state index contributed by atoms with van der Waals surface area (Å²) in [6, 6.07) is 9.88. The summed E-state index contributed by atoms with van der Waals surface area (Å²) in [7, 11) is 0. The summed E-state index contributed by atoms with van der Waals surface area (Å²) in [5.41, 5.74) is 0.843. The zero-order valence-corrected chi connectivity index (χ0v) is 12.5. The Morgan fingerprint density at radius 3 is 2.83 bits per heavy atom. The van der Waals surface area contributed by atoms with Gasteiger partial charge in [-0.1, -0.05) is 18.2 Å². The molecule has 0 aliphatic carbocycles. The number of non-ortho nitro benzene ring substituents is 1. The highest BCUT2D eigenvalue weighted by Gasteiger charge is 2.21. The Morgan fingerprint density at radius 2 is 2.09 bits per heavy atom. The third-order valence-corrected chi connectivity index (χ3v) is 3.78. The number of hydrogen-bond acceptors (Lipinski definition) is 6. The quantitative estimate of drug-likeness (QED) is 0.371. The van der Waals surface area contributed by atoms with Gasteiger partial charge in [0.05, 0.1) is 4.92 Å². The lowest BCUT2D eigenvalue weighted by molar-refractivity contribution is -0.384. The zero-order valence-electron chi connectivity index (χ0n) is 11.7. The van der Waals surface area contributed by atoms with Crippen LogP contribution in [0.4, 0.5) is 5.69 Å².